The Balaban J connectivity index is 2.99. The van der Waals surface area contributed by atoms with Gasteiger partial charge in [-0.15, -0.1) is 0 Å². The van der Waals surface area contributed by atoms with Crippen molar-refractivity contribution in [1.29, 1.82) is 0 Å². The van der Waals surface area contributed by atoms with Crippen molar-refractivity contribution in [2.45, 2.75) is 0 Å². The van der Waals surface area contributed by atoms with Crippen LogP contribution in [0.5, 0.6) is 0 Å². The van der Waals surface area contributed by atoms with Crippen LogP contribution in [0.4, 0.5) is 4.79 Å². The SMILES string of the molecule is NNC(=O)OP. The van der Waals surface area contributed by atoms with E-state index in [2.05, 4.69) is 10.4 Å². The Kier molecular flexibility index (Phi) is 2.71. The predicted molar refractivity (Wildman–Crippen MR) is 23.5 cm³/mol. The van der Waals surface area contributed by atoms with Gasteiger partial charge in [-0.2, -0.15) is 0 Å². The first-order valence-electron chi connectivity index (χ1n) is 1.18. The maximum absolute atomic E-state index is 9.70. The van der Waals surface area contributed by atoms with Gasteiger partial charge < -0.3 is 4.52 Å². The molecule has 0 aliphatic carbocycles. The number of amides is 1. The van der Waals surface area contributed by atoms with Crippen LogP contribution < -0.4 is 11.3 Å². The molecule has 1 atom stereocenters. The van der Waals surface area contributed by atoms with E-state index in [1.54, 1.807) is 14.9 Å². The minimum atomic E-state index is -0.667. The van der Waals surface area contributed by atoms with E-state index >= 15 is 0 Å². The lowest BCUT2D eigenvalue weighted by molar-refractivity contribution is 0.208. The minimum Gasteiger partial charge on any atom is -0.435 e. The lowest BCUT2D eigenvalue weighted by Crippen LogP contribution is -2.28. The van der Waals surface area contributed by atoms with Gasteiger partial charge in [-0.3, -0.25) is 5.43 Å². The molecule has 4 nitrogen and oxygen atoms in total. The highest BCUT2D eigenvalue weighted by molar-refractivity contribution is 7.10. The van der Waals surface area contributed by atoms with Gasteiger partial charge in [0, 0.05) is 0 Å². The summed E-state index contributed by atoms with van der Waals surface area (Å²) in [5.41, 5.74) is 1.73. The van der Waals surface area contributed by atoms with E-state index < -0.39 is 6.09 Å². The van der Waals surface area contributed by atoms with Gasteiger partial charge in [-0.05, 0) is 0 Å². The smallest absolute Gasteiger partial charge is 0.423 e. The molecule has 36 valence electrons. The van der Waals surface area contributed by atoms with Gasteiger partial charge >= 0.3 is 6.09 Å². The average Bonchev–Trinajstić information content (AvgIpc) is 1.65. The molecule has 0 saturated carbocycles. The van der Waals surface area contributed by atoms with Crippen molar-refractivity contribution in [2.24, 2.45) is 5.84 Å². The van der Waals surface area contributed by atoms with Crippen molar-refractivity contribution < 1.29 is 9.32 Å². The van der Waals surface area contributed by atoms with E-state index in [0.717, 1.165) is 0 Å². The van der Waals surface area contributed by atoms with Crippen LogP contribution in [0.25, 0.3) is 0 Å². The van der Waals surface area contributed by atoms with Gasteiger partial charge in [0.2, 0.25) is 0 Å². The summed E-state index contributed by atoms with van der Waals surface area (Å²) in [6.07, 6.45) is -0.667. The van der Waals surface area contributed by atoms with Crippen LogP contribution in [0.3, 0.4) is 0 Å². The molecule has 0 saturated heterocycles. The summed E-state index contributed by atoms with van der Waals surface area (Å²) in [4.78, 5) is 9.70. The van der Waals surface area contributed by atoms with Crippen LogP contribution in [0.1, 0.15) is 0 Å². The van der Waals surface area contributed by atoms with Crippen LogP contribution in [0.15, 0.2) is 0 Å². The van der Waals surface area contributed by atoms with Gasteiger partial charge in [0.25, 0.3) is 0 Å². The molecule has 0 radical (unpaired) electrons. The molecule has 3 N–H and O–H groups in total. The van der Waals surface area contributed by atoms with Crippen LogP contribution in [-0.4, -0.2) is 6.09 Å². The number of rotatable bonds is 0. The largest absolute Gasteiger partial charge is 0.435 e. The molecule has 0 fully saturated rings. The first kappa shape index (κ1) is 5.66. The lowest BCUT2D eigenvalue weighted by atomic mass is 11.3. The molecule has 0 bridgehead atoms. The van der Waals surface area contributed by atoms with E-state index in [9.17, 15) is 4.79 Å². The molecule has 0 aromatic rings. The molecule has 0 aliphatic heterocycles. The summed E-state index contributed by atoms with van der Waals surface area (Å²) < 4.78 is 3.94. The van der Waals surface area contributed by atoms with Crippen LogP contribution in [0, 0.1) is 0 Å². The third-order valence-electron chi connectivity index (χ3n) is 0.225. The number of hydrazine groups is 1. The molecule has 0 aliphatic rings. The molecular weight excluding hydrogens is 103 g/mol. The lowest BCUT2D eigenvalue weighted by Gasteiger charge is -1.90. The molecule has 0 aromatic heterocycles. The second-order valence-electron chi connectivity index (χ2n) is 0.550. The van der Waals surface area contributed by atoms with Gasteiger partial charge in [-0.25, -0.2) is 10.6 Å². The van der Waals surface area contributed by atoms with E-state index in [1.165, 1.54) is 0 Å². The second kappa shape index (κ2) is 2.87. The summed E-state index contributed by atoms with van der Waals surface area (Å²) in [7, 11) is 1.75. The number of nitrogens with one attached hydrogen (secondary N) is 1. The Hall–Kier alpha value is -0.340. The van der Waals surface area contributed by atoms with Crippen molar-refractivity contribution in [3.63, 3.8) is 0 Å². The van der Waals surface area contributed by atoms with Gasteiger partial charge in [-0.1, -0.05) is 0 Å². The summed E-state index contributed by atoms with van der Waals surface area (Å²) in [5, 5.41) is 0. The predicted octanol–water partition coefficient (Wildman–Crippen LogP) is -0.624. The minimum absolute atomic E-state index is 0.667. The highest BCUT2D eigenvalue weighted by Gasteiger charge is 1.86. The van der Waals surface area contributed by atoms with Gasteiger partial charge in [0.1, 0.15) is 0 Å². The number of carbonyl (C=O) groups excluding carboxylic acids is 1. The molecule has 0 rings (SSSR count). The van der Waals surface area contributed by atoms with Crippen molar-refractivity contribution in [3.8, 4) is 0 Å². The Bertz CT molecular complexity index is 49.5. The Labute approximate surface area is 37.3 Å². The van der Waals surface area contributed by atoms with Crippen molar-refractivity contribution in [3.05, 3.63) is 0 Å². The number of carbonyl (C=O) groups is 1. The zero-order valence-corrected chi connectivity index (χ0v) is 4.13. The fraction of sp³-hybridized carbons (Fsp3) is 0. The number of hydrogen-bond acceptors (Lipinski definition) is 3. The van der Waals surface area contributed by atoms with E-state index in [4.69, 9.17) is 0 Å². The van der Waals surface area contributed by atoms with E-state index in [0.29, 0.717) is 0 Å². The highest BCUT2D eigenvalue weighted by atomic mass is 31.0. The summed E-state index contributed by atoms with van der Waals surface area (Å²) in [6, 6.07) is 0. The topological polar surface area (TPSA) is 64.3 Å². The maximum atomic E-state index is 9.70. The van der Waals surface area contributed by atoms with Crippen LogP contribution in [0.2, 0.25) is 0 Å². The third-order valence-corrected chi connectivity index (χ3v) is 0.439. The summed E-state index contributed by atoms with van der Waals surface area (Å²) >= 11 is 0. The Morgan fingerprint density at radius 2 is 2.50 bits per heavy atom. The molecule has 0 aromatic carbocycles. The fourth-order valence-electron chi connectivity index (χ4n) is 0.0340. The third kappa shape index (κ3) is 1.93. The van der Waals surface area contributed by atoms with Crippen LogP contribution in [-0.2, 0) is 4.52 Å². The molecule has 5 heteroatoms. The molecule has 1 unspecified atom stereocenters. The van der Waals surface area contributed by atoms with Gasteiger partial charge in [0.15, 0.2) is 0 Å². The maximum Gasteiger partial charge on any atom is 0.423 e. The highest BCUT2D eigenvalue weighted by Crippen LogP contribution is 1.80. The average molecular weight is 108 g/mol. The zero-order valence-electron chi connectivity index (χ0n) is 2.97. The second-order valence-corrected chi connectivity index (χ2v) is 0.785. The van der Waals surface area contributed by atoms with Crippen molar-refractivity contribution >= 4 is 15.6 Å². The monoisotopic (exact) mass is 108 g/mol. The summed E-state index contributed by atoms with van der Waals surface area (Å²) in [6.45, 7) is 0. The van der Waals surface area contributed by atoms with E-state index in [-0.39, 0.29) is 0 Å². The Morgan fingerprint density at radius 1 is 2.00 bits per heavy atom. The zero-order chi connectivity index (χ0) is 4.99. The number of hydrogen-bond donors (Lipinski definition) is 2. The van der Waals surface area contributed by atoms with Crippen molar-refractivity contribution in [1.82, 2.24) is 5.43 Å². The molecular formula is CH5N2O2P. The fourth-order valence-corrected chi connectivity index (χ4v) is 0.102. The molecule has 6 heavy (non-hydrogen) atoms. The quantitative estimate of drug-likeness (QED) is 0.188. The van der Waals surface area contributed by atoms with Crippen LogP contribution >= 0.6 is 9.47 Å². The summed E-state index contributed by atoms with van der Waals surface area (Å²) in [5.74, 6) is 4.54. The molecule has 0 heterocycles. The Morgan fingerprint density at radius 3 is 2.50 bits per heavy atom. The van der Waals surface area contributed by atoms with Gasteiger partial charge in [0.05, 0.1) is 9.47 Å². The molecule has 0 spiro atoms. The number of nitrogens with two attached hydrogens (primary N) is 1. The standard InChI is InChI=1S/CH5N2O2P/c2-3-1(4)5-6/h2,6H2,(H,3,4). The van der Waals surface area contributed by atoms with E-state index in [1.807, 2.05) is 0 Å². The first-order chi connectivity index (χ1) is 2.81. The first-order valence-corrected chi connectivity index (χ1v) is 1.65. The molecule has 1 amide bonds. The van der Waals surface area contributed by atoms with Crippen molar-refractivity contribution in [2.75, 3.05) is 0 Å². The normalized spacial score (nSPS) is 7.00.